The third kappa shape index (κ3) is 5.32. The van der Waals surface area contributed by atoms with E-state index in [1.54, 1.807) is 0 Å². The fraction of sp³-hybridized carbons (Fsp3) is 0.909. The van der Waals surface area contributed by atoms with Crippen LogP contribution in [-0.4, -0.2) is 31.8 Å². The lowest BCUT2D eigenvalue weighted by Gasteiger charge is -2.12. The second-order valence-electron chi connectivity index (χ2n) is 4.08. The maximum absolute atomic E-state index is 5.72. The molecule has 0 aliphatic heterocycles. The fourth-order valence-corrected chi connectivity index (χ4v) is 1.83. The van der Waals surface area contributed by atoms with Crippen LogP contribution in [0.1, 0.15) is 39.0 Å². The van der Waals surface area contributed by atoms with Crippen molar-refractivity contribution in [1.29, 1.82) is 0 Å². The van der Waals surface area contributed by atoms with E-state index in [-0.39, 0.29) is 0 Å². The number of guanidine groups is 1. The molecule has 5 heteroatoms. The van der Waals surface area contributed by atoms with Gasteiger partial charge in [-0.05, 0) is 19.3 Å². The molecule has 1 saturated carbocycles. The van der Waals surface area contributed by atoms with Gasteiger partial charge in [-0.1, -0.05) is 19.8 Å². The van der Waals surface area contributed by atoms with E-state index in [4.69, 9.17) is 10.6 Å². The minimum atomic E-state index is 0.476. The van der Waals surface area contributed by atoms with Gasteiger partial charge in [0, 0.05) is 13.1 Å². The second-order valence-corrected chi connectivity index (χ2v) is 4.08. The molecule has 0 aromatic rings. The molecule has 0 unspecified atom stereocenters. The fourth-order valence-electron chi connectivity index (χ4n) is 1.83. The minimum absolute atomic E-state index is 0.476. The lowest BCUT2D eigenvalue weighted by Crippen LogP contribution is -2.43. The molecule has 1 fully saturated rings. The molecule has 16 heavy (non-hydrogen) atoms. The predicted molar refractivity (Wildman–Crippen MR) is 66.1 cm³/mol. The third-order valence-corrected chi connectivity index (χ3v) is 2.68. The van der Waals surface area contributed by atoms with E-state index in [2.05, 4.69) is 22.7 Å². The van der Waals surface area contributed by atoms with E-state index >= 15 is 0 Å². The quantitative estimate of drug-likeness (QED) is 0.206. The first-order valence-corrected chi connectivity index (χ1v) is 6.23. The first-order valence-electron chi connectivity index (χ1n) is 6.23. The minimum Gasteiger partial charge on any atom is -0.376 e. The van der Waals surface area contributed by atoms with Crippen LogP contribution < -0.4 is 16.6 Å². The number of nitrogens with one attached hydrogen (secondary N) is 2. The summed E-state index contributed by atoms with van der Waals surface area (Å²) >= 11 is 0. The van der Waals surface area contributed by atoms with Crippen LogP contribution in [0.4, 0.5) is 0 Å². The second kappa shape index (κ2) is 8.35. The van der Waals surface area contributed by atoms with Crippen molar-refractivity contribution in [2.24, 2.45) is 10.8 Å². The highest BCUT2D eigenvalue weighted by atomic mass is 16.5. The van der Waals surface area contributed by atoms with Gasteiger partial charge in [0.2, 0.25) is 5.96 Å². The zero-order valence-corrected chi connectivity index (χ0v) is 10.2. The molecule has 0 aromatic carbocycles. The van der Waals surface area contributed by atoms with E-state index < -0.39 is 0 Å². The van der Waals surface area contributed by atoms with Gasteiger partial charge in [0.25, 0.3) is 0 Å². The van der Waals surface area contributed by atoms with Crippen molar-refractivity contribution in [3.63, 3.8) is 0 Å². The Labute approximate surface area is 97.8 Å². The largest absolute Gasteiger partial charge is 0.376 e. The Bertz CT molecular complexity index is 202. The number of rotatable bonds is 6. The Kier molecular flexibility index (Phi) is 6.92. The molecule has 1 aliphatic carbocycles. The average molecular weight is 228 g/mol. The molecule has 5 nitrogen and oxygen atoms in total. The van der Waals surface area contributed by atoms with Crippen LogP contribution in [-0.2, 0) is 4.74 Å². The van der Waals surface area contributed by atoms with E-state index in [1.165, 1.54) is 25.7 Å². The number of hydrazine groups is 1. The molecule has 1 aliphatic rings. The average Bonchev–Trinajstić information content (AvgIpc) is 2.81. The molecule has 0 saturated heterocycles. The van der Waals surface area contributed by atoms with Gasteiger partial charge >= 0.3 is 0 Å². The van der Waals surface area contributed by atoms with Gasteiger partial charge in [-0.3, -0.25) is 10.4 Å². The molecule has 0 spiro atoms. The summed E-state index contributed by atoms with van der Waals surface area (Å²) in [7, 11) is 0. The van der Waals surface area contributed by atoms with Crippen molar-refractivity contribution in [2.45, 2.75) is 45.1 Å². The summed E-state index contributed by atoms with van der Waals surface area (Å²) in [6, 6.07) is 0. The van der Waals surface area contributed by atoms with E-state index in [1.807, 2.05) is 0 Å². The standard InChI is InChI=1S/C11H24N4O/c1-2-7-13-11(15-12)14-8-9-16-10-5-3-4-6-10/h10H,2-9,12H2,1H3,(H2,13,14,15). The molecule has 0 aromatic heterocycles. The summed E-state index contributed by atoms with van der Waals surface area (Å²) in [6.07, 6.45) is 6.55. The molecule has 1 rings (SSSR count). The molecular weight excluding hydrogens is 204 g/mol. The van der Waals surface area contributed by atoms with Gasteiger partial charge in [0.1, 0.15) is 0 Å². The summed E-state index contributed by atoms with van der Waals surface area (Å²) in [5, 5.41) is 3.12. The van der Waals surface area contributed by atoms with Crippen molar-refractivity contribution < 1.29 is 4.74 Å². The summed E-state index contributed by atoms with van der Waals surface area (Å²) in [5.74, 6) is 5.98. The monoisotopic (exact) mass is 228 g/mol. The molecule has 0 heterocycles. The summed E-state index contributed by atoms with van der Waals surface area (Å²) < 4.78 is 5.72. The van der Waals surface area contributed by atoms with Crippen LogP contribution in [0.2, 0.25) is 0 Å². The van der Waals surface area contributed by atoms with Crippen molar-refractivity contribution >= 4 is 5.96 Å². The number of hydrogen-bond donors (Lipinski definition) is 3. The zero-order valence-electron chi connectivity index (χ0n) is 10.2. The highest BCUT2D eigenvalue weighted by molar-refractivity contribution is 5.79. The van der Waals surface area contributed by atoms with Crippen LogP contribution in [0.3, 0.4) is 0 Å². The molecule has 0 amide bonds. The van der Waals surface area contributed by atoms with Gasteiger partial charge in [-0.25, -0.2) is 5.84 Å². The van der Waals surface area contributed by atoms with Crippen LogP contribution in [0.25, 0.3) is 0 Å². The molecule has 0 atom stereocenters. The van der Waals surface area contributed by atoms with Gasteiger partial charge < -0.3 is 10.1 Å². The lowest BCUT2D eigenvalue weighted by atomic mass is 10.3. The van der Waals surface area contributed by atoms with Gasteiger partial charge in [-0.2, -0.15) is 0 Å². The number of nitrogens with zero attached hydrogens (tertiary/aromatic N) is 1. The zero-order chi connectivity index (χ0) is 11.6. The Hall–Kier alpha value is -0.810. The van der Waals surface area contributed by atoms with Gasteiger partial charge in [0.05, 0.1) is 12.7 Å². The smallest absolute Gasteiger partial charge is 0.205 e. The first-order chi connectivity index (χ1) is 7.86. The number of aliphatic imine (C=N–C) groups is 1. The Morgan fingerprint density at radius 2 is 2.19 bits per heavy atom. The molecule has 4 N–H and O–H groups in total. The SMILES string of the molecule is CCCN=C(NN)NCCOC1CCCC1. The number of nitrogens with two attached hydrogens (primary N) is 1. The van der Waals surface area contributed by atoms with Crippen molar-refractivity contribution in [2.75, 3.05) is 19.7 Å². The highest BCUT2D eigenvalue weighted by Crippen LogP contribution is 2.20. The van der Waals surface area contributed by atoms with Gasteiger partial charge in [-0.15, -0.1) is 0 Å². The molecule has 0 radical (unpaired) electrons. The maximum atomic E-state index is 5.72. The van der Waals surface area contributed by atoms with Crippen LogP contribution in [0.5, 0.6) is 0 Å². The Balaban J connectivity index is 2.03. The Morgan fingerprint density at radius 3 is 2.81 bits per heavy atom. The van der Waals surface area contributed by atoms with Crippen molar-refractivity contribution in [1.82, 2.24) is 10.7 Å². The van der Waals surface area contributed by atoms with E-state index in [9.17, 15) is 0 Å². The van der Waals surface area contributed by atoms with Crippen LogP contribution >= 0.6 is 0 Å². The van der Waals surface area contributed by atoms with E-state index in [0.717, 1.165) is 26.1 Å². The summed E-state index contributed by atoms with van der Waals surface area (Å²) in [4.78, 5) is 4.24. The topological polar surface area (TPSA) is 71.7 Å². The lowest BCUT2D eigenvalue weighted by molar-refractivity contribution is 0.0622. The van der Waals surface area contributed by atoms with E-state index in [0.29, 0.717) is 12.1 Å². The van der Waals surface area contributed by atoms with Gasteiger partial charge in [0.15, 0.2) is 0 Å². The van der Waals surface area contributed by atoms with Crippen LogP contribution in [0.15, 0.2) is 4.99 Å². The molecular formula is C11H24N4O. The third-order valence-electron chi connectivity index (χ3n) is 2.68. The van der Waals surface area contributed by atoms with Crippen LogP contribution in [0, 0.1) is 0 Å². The Morgan fingerprint density at radius 1 is 1.44 bits per heavy atom. The maximum Gasteiger partial charge on any atom is 0.205 e. The summed E-state index contributed by atoms with van der Waals surface area (Å²) in [5.41, 5.74) is 2.55. The van der Waals surface area contributed by atoms with Crippen molar-refractivity contribution in [3.8, 4) is 0 Å². The molecule has 94 valence electrons. The predicted octanol–water partition coefficient (Wildman–Crippen LogP) is 0.764. The first kappa shape index (κ1) is 13.3. The van der Waals surface area contributed by atoms with Crippen molar-refractivity contribution in [3.05, 3.63) is 0 Å². The molecule has 0 bridgehead atoms. The number of hydrogen-bond acceptors (Lipinski definition) is 3. The normalized spacial score (nSPS) is 17.8. The number of ether oxygens (including phenoxy) is 1. The summed E-state index contributed by atoms with van der Waals surface area (Å²) in [6.45, 7) is 4.34. The highest BCUT2D eigenvalue weighted by Gasteiger charge is 2.14.